The molecule has 0 saturated heterocycles. The molecule has 5 unspecified atom stereocenters. The number of benzene rings is 1. The number of aromatic nitrogens is 1. The van der Waals surface area contributed by atoms with Gasteiger partial charge in [0.25, 0.3) is 5.91 Å². The fourth-order valence-corrected chi connectivity index (χ4v) is 8.36. The van der Waals surface area contributed by atoms with Crippen molar-refractivity contribution in [2.75, 3.05) is 18.9 Å². The van der Waals surface area contributed by atoms with Gasteiger partial charge >= 0.3 is 6.09 Å². The standard InChI is InChI=1S/C36H45N5O7S/c1-4-24-11-9-12-30(37-24)27-16-13-22(2)18-31(27)38-35(45)48-25-19-28-29(20-25)33(43)41(3)17-8-6-5-7-10-23-21-36(23,39-32(28)42)34(44)40-49(46,47)26-14-15-26/h7,9-13,16,18,23,25-26,28-29H,4-6,8,14-15,17,19-21H2,1-3H3,(H,38,45)(H,39,42)(H,40,44)/b10-7+. The third-order valence-electron chi connectivity index (χ3n) is 10.1. The Hall–Kier alpha value is -4.26. The van der Waals surface area contributed by atoms with Crippen molar-refractivity contribution in [2.45, 2.75) is 88.5 Å². The van der Waals surface area contributed by atoms with Crippen molar-refractivity contribution in [3.8, 4) is 11.3 Å². The summed E-state index contributed by atoms with van der Waals surface area (Å²) in [5, 5.41) is 5.12. The third-order valence-corrected chi connectivity index (χ3v) is 11.9. The van der Waals surface area contributed by atoms with Crippen LogP contribution in [-0.4, -0.2) is 72.6 Å². The number of rotatable bonds is 7. The number of carbonyl (C=O) groups is 4. The highest BCUT2D eigenvalue weighted by atomic mass is 32.2. The smallest absolute Gasteiger partial charge is 0.411 e. The van der Waals surface area contributed by atoms with Gasteiger partial charge in [-0.25, -0.2) is 13.2 Å². The van der Waals surface area contributed by atoms with E-state index >= 15 is 0 Å². The molecule has 3 aliphatic carbocycles. The Bertz CT molecular complexity index is 1770. The van der Waals surface area contributed by atoms with Gasteiger partial charge in [0.2, 0.25) is 21.8 Å². The summed E-state index contributed by atoms with van der Waals surface area (Å²) >= 11 is 0. The van der Waals surface area contributed by atoms with E-state index in [-0.39, 0.29) is 31.1 Å². The molecule has 1 aromatic heterocycles. The molecular formula is C36H45N5O7S. The summed E-state index contributed by atoms with van der Waals surface area (Å²) < 4.78 is 33.4. The lowest BCUT2D eigenvalue weighted by molar-refractivity contribution is -0.140. The van der Waals surface area contributed by atoms with Crippen molar-refractivity contribution < 1.29 is 32.3 Å². The van der Waals surface area contributed by atoms with E-state index in [0.29, 0.717) is 30.8 Å². The molecule has 262 valence electrons. The molecule has 0 spiro atoms. The van der Waals surface area contributed by atoms with E-state index < -0.39 is 56.7 Å². The van der Waals surface area contributed by atoms with Gasteiger partial charge in [0, 0.05) is 30.8 Å². The molecule has 13 heteroatoms. The van der Waals surface area contributed by atoms with Crippen molar-refractivity contribution in [3.63, 3.8) is 0 Å². The van der Waals surface area contributed by atoms with Crippen molar-refractivity contribution in [1.29, 1.82) is 0 Å². The molecule has 5 atom stereocenters. The Labute approximate surface area is 287 Å². The van der Waals surface area contributed by atoms with E-state index in [1.165, 1.54) is 0 Å². The van der Waals surface area contributed by atoms with Gasteiger partial charge in [-0.2, -0.15) is 0 Å². The Kier molecular flexibility index (Phi) is 9.83. The molecule has 6 rings (SSSR count). The fraction of sp³-hybridized carbons (Fsp3) is 0.528. The average Bonchev–Trinajstić information content (AvgIpc) is 3.99. The predicted molar refractivity (Wildman–Crippen MR) is 184 cm³/mol. The fourth-order valence-electron chi connectivity index (χ4n) is 6.99. The van der Waals surface area contributed by atoms with Crippen molar-refractivity contribution in [2.24, 2.45) is 17.8 Å². The van der Waals surface area contributed by atoms with Gasteiger partial charge in [0.15, 0.2) is 0 Å². The highest BCUT2D eigenvalue weighted by Crippen LogP contribution is 2.47. The maximum Gasteiger partial charge on any atom is 0.411 e. The van der Waals surface area contributed by atoms with E-state index in [2.05, 4.69) is 15.4 Å². The number of hydrogen-bond donors (Lipinski definition) is 3. The first-order chi connectivity index (χ1) is 23.4. The molecule has 12 nitrogen and oxygen atoms in total. The zero-order valence-corrected chi connectivity index (χ0v) is 29.1. The first-order valence-electron chi connectivity index (χ1n) is 17.2. The van der Waals surface area contributed by atoms with Crippen LogP contribution < -0.4 is 15.4 Å². The number of pyridine rings is 1. The molecule has 3 saturated carbocycles. The Morgan fingerprint density at radius 2 is 1.88 bits per heavy atom. The number of fused-ring (bicyclic) bond motifs is 2. The number of allylic oxidation sites excluding steroid dienone is 1. The number of nitrogens with zero attached hydrogens (tertiary/aromatic N) is 2. The average molecular weight is 692 g/mol. The Morgan fingerprint density at radius 3 is 2.63 bits per heavy atom. The van der Waals surface area contributed by atoms with Gasteiger partial charge in [-0.1, -0.05) is 37.3 Å². The number of carbonyl (C=O) groups excluding carboxylic acids is 4. The summed E-state index contributed by atoms with van der Waals surface area (Å²) in [6.07, 6.45) is 6.87. The van der Waals surface area contributed by atoms with E-state index in [0.717, 1.165) is 42.5 Å². The lowest BCUT2D eigenvalue weighted by Gasteiger charge is -2.26. The van der Waals surface area contributed by atoms with Crippen LogP contribution in [0.25, 0.3) is 11.3 Å². The molecule has 2 aromatic rings. The molecule has 2 heterocycles. The number of anilines is 1. The molecular weight excluding hydrogens is 646 g/mol. The van der Waals surface area contributed by atoms with Gasteiger partial charge in [0.1, 0.15) is 11.6 Å². The largest absolute Gasteiger partial charge is 0.446 e. The molecule has 1 aromatic carbocycles. The van der Waals surface area contributed by atoms with Gasteiger partial charge in [-0.05, 0) is 88.5 Å². The minimum Gasteiger partial charge on any atom is -0.446 e. The van der Waals surface area contributed by atoms with Crippen LogP contribution in [0.15, 0.2) is 48.6 Å². The molecule has 49 heavy (non-hydrogen) atoms. The highest BCUT2D eigenvalue weighted by Gasteiger charge is 2.62. The number of hydrogen-bond acceptors (Lipinski definition) is 8. The summed E-state index contributed by atoms with van der Waals surface area (Å²) in [6.45, 7) is 4.45. The summed E-state index contributed by atoms with van der Waals surface area (Å²) in [5.41, 5.74) is 2.38. The monoisotopic (exact) mass is 691 g/mol. The second kappa shape index (κ2) is 13.9. The van der Waals surface area contributed by atoms with Gasteiger partial charge in [0.05, 0.1) is 28.5 Å². The lowest BCUT2D eigenvalue weighted by atomic mass is 9.93. The SMILES string of the molecule is CCc1cccc(-c2ccc(C)cc2NC(=O)OC2CC3C(=O)NC4(C(=O)NS(=O)(=O)C5CC5)CC4/C=C/CCCCN(C)C(=O)C3C2)n1. The van der Waals surface area contributed by atoms with E-state index in [1.54, 1.807) is 11.9 Å². The minimum absolute atomic E-state index is 0.0723. The molecule has 4 aliphatic rings. The first-order valence-corrected chi connectivity index (χ1v) is 18.8. The summed E-state index contributed by atoms with van der Waals surface area (Å²) in [4.78, 5) is 60.9. The molecule has 3 N–H and O–H groups in total. The Morgan fingerprint density at radius 1 is 1.10 bits per heavy atom. The molecule has 1 aliphatic heterocycles. The molecule has 0 radical (unpaired) electrons. The number of sulfonamides is 1. The van der Waals surface area contributed by atoms with Crippen molar-refractivity contribution in [1.82, 2.24) is 19.9 Å². The molecule has 3 fully saturated rings. The van der Waals surface area contributed by atoms with Gasteiger partial charge in [-0.3, -0.25) is 29.4 Å². The second-order valence-electron chi connectivity index (χ2n) is 13.9. The van der Waals surface area contributed by atoms with Crippen LogP contribution >= 0.6 is 0 Å². The maximum atomic E-state index is 14.0. The van der Waals surface area contributed by atoms with Crippen molar-refractivity contribution in [3.05, 3.63) is 59.8 Å². The van der Waals surface area contributed by atoms with E-state index in [9.17, 15) is 27.6 Å². The van der Waals surface area contributed by atoms with Crippen LogP contribution in [0.3, 0.4) is 0 Å². The number of nitrogens with one attached hydrogen (secondary N) is 3. The van der Waals surface area contributed by atoms with Crippen molar-refractivity contribution >= 4 is 39.5 Å². The van der Waals surface area contributed by atoms with Gasteiger partial charge in [-0.15, -0.1) is 0 Å². The van der Waals surface area contributed by atoms with Gasteiger partial charge < -0.3 is 15.0 Å². The number of ether oxygens (including phenoxy) is 1. The van der Waals surface area contributed by atoms with E-state index in [1.807, 2.05) is 62.4 Å². The molecule has 0 bridgehead atoms. The van der Waals surface area contributed by atoms with Crippen LogP contribution in [0.2, 0.25) is 0 Å². The number of amides is 4. The summed E-state index contributed by atoms with van der Waals surface area (Å²) in [7, 11) is -2.14. The predicted octanol–water partition coefficient (Wildman–Crippen LogP) is 4.24. The molecule has 4 amide bonds. The van der Waals surface area contributed by atoms with Crippen LogP contribution in [0.4, 0.5) is 10.5 Å². The topological polar surface area (TPSA) is 164 Å². The first kappa shape index (κ1) is 34.6. The van der Waals surface area contributed by atoms with Crippen LogP contribution in [0.1, 0.15) is 69.5 Å². The number of aryl methyl sites for hydroxylation is 2. The summed E-state index contributed by atoms with van der Waals surface area (Å²) in [6, 6.07) is 11.4. The van der Waals surface area contributed by atoms with Crippen LogP contribution in [0.5, 0.6) is 0 Å². The Balaban J connectivity index is 1.21. The highest BCUT2D eigenvalue weighted by molar-refractivity contribution is 7.91. The minimum atomic E-state index is -3.84. The quantitative estimate of drug-likeness (QED) is 0.363. The lowest BCUT2D eigenvalue weighted by Crippen LogP contribution is -2.54. The maximum absolute atomic E-state index is 14.0. The normalized spacial score (nSPS) is 27.9. The summed E-state index contributed by atoms with van der Waals surface area (Å²) in [5.74, 6) is -3.57. The van der Waals surface area contributed by atoms with Crippen LogP contribution in [0, 0.1) is 24.7 Å². The van der Waals surface area contributed by atoms with E-state index in [4.69, 9.17) is 9.72 Å². The second-order valence-corrected chi connectivity index (χ2v) is 15.8. The van der Waals surface area contributed by atoms with Crippen LogP contribution in [-0.2, 0) is 35.6 Å². The zero-order chi connectivity index (χ0) is 34.9. The third kappa shape index (κ3) is 7.66. The zero-order valence-electron chi connectivity index (χ0n) is 28.2.